The van der Waals surface area contributed by atoms with E-state index >= 15 is 0 Å². The first-order valence-electron chi connectivity index (χ1n) is 5.96. The van der Waals surface area contributed by atoms with E-state index in [2.05, 4.69) is 14.8 Å². The van der Waals surface area contributed by atoms with Gasteiger partial charge in [-0.15, -0.1) is 10.2 Å². The lowest BCUT2D eigenvalue weighted by Crippen LogP contribution is -2.28. The number of aryl methyl sites for hydroxylation is 1. The number of aliphatic hydroxyl groups is 1. The summed E-state index contributed by atoms with van der Waals surface area (Å²) in [5, 5.41) is 17.7. The average Bonchev–Trinajstić information content (AvgIpc) is 2.84. The summed E-state index contributed by atoms with van der Waals surface area (Å²) in [4.78, 5) is 0. The van der Waals surface area contributed by atoms with Gasteiger partial charge in [0.05, 0.1) is 12.1 Å². The van der Waals surface area contributed by atoms with Crippen molar-refractivity contribution in [3.05, 3.63) is 11.6 Å². The summed E-state index contributed by atoms with van der Waals surface area (Å²) < 4.78 is 2.12. The van der Waals surface area contributed by atoms with Crippen LogP contribution in [-0.4, -0.2) is 26.0 Å². The van der Waals surface area contributed by atoms with Crippen LogP contribution in [-0.2, 0) is 0 Å². The van der Waals surface area contributed by atoms with Crippen LogP contribution in [0.3, 0.4) is 0 Å². The van der Waals surface area contributed by atoms with E-state index in [-0.39, 0.29) is 0 Å². The molecule has 0 radical (unpaired) electrons. The summed E-state index contributed by atoms with van der Waals surface area (Å²) in [5.41, 5.74) is 5.95. The van der Waals surface area contributed by atoms with Gasteiger partial charge in [-0.25, -0.2) is 0 Å². The minimum absolute atomic E-state index is 0.443. The van der Waals surface area contributed by atoms with E-state index in [4.69, 9.17) is 5.73 Å². The van der Waals surface area contributed by atoms with Gasteiger partial charge in [0.25, 0.3) is 0 Å². The molecule has 1 aromatic rings. The highest BCUT2D eigenvalue weighted by molar-refractivity contribution is 5.04. The van der Waals surface area contributed by atoms with Gasteiger partial charge in [0.2, 0.25) is 0 Å². The Hall–Kier alpha value is -0.940. The smallest absolute Gasteiger partial charge is 0.152 e. The molecular weight excluding hydrogens is 204 g/mol. The first-order valence-corrected chi connectivity index (χ1v) is 5.96. The highest BCUT2D eigenvalue weighted by Gasteiger charge is 2.26. The molecule has 0 aromatic carbocycles. The Morgan fingerprint density at radius 2 is 2.00 bits per heavy atom. The second kappa shape index (κ2) is 4.51. The van der Waals surface area contributed by atoms with Crippen molar-refractivity contribution in [1.82, 2.24) is 14.8 Å². The molecule has 1 aliphatic rings. The van der Waals surface area contributed by atoms with Crippen LogP contribution in [0.1, 0.15) is 56.3 Å². The van der Waals surface area contributed by atoms with Crippen molar-refractivity contribution in [3.8, 4) is 0 Å². The molecule has 5 nitrogen and oxygen atoms in total. The molecule has 2 unspecified atom stereocenters. The van der Waals surface area contributed by atoms with E-state index in [1.807, 2.05) is 6.92 Å². The van der Waals surface area contributed by atoms with Gasteiger partial charge >= 0.3 is 0 Å². The van der Waals surface area contributed by atoms with Crippen LogP contribution in [0.4, 0.5) is 0 Å². The maximum Gasteiger partial charge on any atom is 0.152 e. The summed E-state index contributed by atoms with van der Waals surface area (Å²) in [7, 11) is 0. The van der Waals surface area contributed by atoms with Crippen LogP contribution in [0.2, 0.25) is 0 Å². The van der Waals surface area contributed by atoms with Gasteiger partial charge in [0.15, 0.2) is 5.82 Å². The largest absolute Gasteiger partial charge is 0.391 e. The van der Waals surface area contributed by atoms with E-state index in [1.54, 1.807) is 6.92 Å². The van der Waals surface area contributed by atoms with Crippen LogP contribution in [0, 0.1) is 6.92 Å². The van der Waals surface area contributed by atoms with Gasteiger partial charge in [0, 0.05) is 6.04 Å². The van der Waals surface area contributed by atoms with Crippen LogP contribution in [0.5, 0.6) is 0 Å². The van der Waals surface area contributed by atoms with Gasteiger partial charge in [-0.05, 0) is 26.7 Å². The summed E-state index contributed by atoms with van der Waals surface area (Å²) in [6, 6.07) is 0.0246. The summed E-state index contributed by atoms with van der Waals surface area (Å²) >= 11 is 0. The Morgan fingerprint density at radius 3 is 2.56 bits per heavy atom. The standard InChI is InChI=1S/C11H20N4O/c1-7(16)10(12)11-14-13-8(2)15(11)9-5-3-4-6-9/h7,9-10,16H,3-6,12H2,1-2H3. The molecule has 1 saturated carbocycles. The second-order valence-electron chi connectivity index (χ2n) is 4.68. The van der Waals surface area contributed by atoms with Crippen molar-refractivity contribution in [2.75, 3.05) is 0 Å². The van der Waals surface area contributed by atoms with Gasteiger partial charge < -0.3 is 15.4 Å². The third kappa shape index (κ3) is 1.97. The molecule has 1 aromatic heterocycles. The molecule has 2 rings (SSSR count). The van der Waals surface area contributed by atoms with Crippen LogP contribution in [0.25, 0.3) is 0 Å². The van der Waals surface area contributed by atoms with Crippen molar-refractivity contribution in [1.29, 1.82) is 0 Å². The molecule has 0 amide bonds. The quantitative estimate of drug-likeness (QED) is 0.805. The number of hydrogen-bond donors (Lipinski definition) is 2. The molecule has 0 saturated heterocycles. The maximum absolute atomic E-state index is 9.54. The average molecular weight is 224 g/mol. The Bertz CT molecular complexity index is 355. The predicted molar refractivity (Wildman–Crippen MR) is 60.9 cm³/mol. The van der Waals surface area contributed by atoms with E-state index in [0.29, 0.717) is 6.04 Å². The third-order valence-electron chi connectivity index (χ3n) is 3.40. The Kier molecular flexibility index (Phi) is 3.25. The fraction of sp³-hybridized carbons (Fsp3) is 0.818. The molecule has 5 heteroatoms. The fourth-order valence-corrected chi connectivity index (χ4v) is 2.44. The minimum Gasteiger partial charge on any atom is -0.391 e. The zero-order valence-electron chi connectivity index (χ0n) is 9.93. The Balaban J connectivity index is 2.31. The minimum atomic E-state index is -0.594. The molecule has 1 heterocycles. The molecule has 3 N–H and O–H groups in total. The lowest BCUT2D eigenvalue weighted by molar-refractivity contribution is 0.157. The van der Waals surface area contributed by atoms with E-state index in [1.165, 1.54) is 25.7 Å². The molecule has 0 aliphatic heterocycles. The van der Waals surface area contributed by atoms with Crippen molar-refractivity contribution in [2.45, 2.75) is 57.7 Å². The lowest BCUT2D eigenvalue weighted by Gasteiger charge is -2.20. The Labute approximate surface area is 95.7 Å². The van der Waals surface area contributed by atoms with Crippen LogP contribution in [0.15, 0.2) is 0 Å². The third-order valence-corrected chi connectivity index (χ3v) is 3.40. The molecule has 0 spiro atoms. The highest BCUT2D eigenvalue weighted by Crippen LogP contribution is 2.32. The first-order chi connectivity index (χ1) is 7.61. The van der Waals surface area contributed by atoms with E-state index < -0.39 is 12.1 Å². The van der Waals surface area contributed by atoms with Gasteiger partial charge in [-0.1, -0.05) is 12.8 Å². The molecule has 1 fully saturated rings. The van der Waals surface area contributed by atoms with E-state index in [0.717, 1.165) is 11.6 Å². The van der Waals surface area contributed by atoms with Crippen molar-refractivity contribution < 1.29 is 5.11 Å². The number of rotatable bonds is 3. The summed E-state index contributed by atoms with van der Waals surface area (Å²) in [6.07, 6.45) is 4.25. The Morgan fingerprint density at radius 1 is 1.38 bits per heavy atom. The normalized spacial score (nSPS) is 21.2. The second-order valence-corrected chi connectivity index (χ2v) is 4.68. The van der Waals surface area contributed by atoms with Crippen molar-refractivity contribution >= 4 is 0 Å². The summed E-state index contributed by atoms with van der Waals surface area (Å²) in [5.74, 6) is 1.62. The highest BCUT2D eigenvalue weighted by atomic mass is 16.3. The van der Waals surface area contributed by atoms with Gasteiger partial charge in [0.1, 0.15) is 5.82 Å². The predicted octanol–water partition coefficient (Wildman–Crippen LogP) is 1.08. The summed E-state index contributed by atoms with van der Waals surface area (Å²) in [6.45, 7) is 3.64. The lowest BCUT2D eigenvalue weighted by atomic mass is 10.1. The monoisotopic (exact) mass is 224 g/mol. The van der Waals surface area contributed by atoms with Crippen molar-refractivity contribution in [2.24, 2.45) is 5.73 Å². The molecule has 0 bridgehead atoms. The SMILES string of the molecule is Cc1nnc(C(N)C(C)O)n1C1CCCC1. The number of nitrogens with zero attached hydrogens (tertiary/aromatic N) is 3. The van der Waals surface area contributed by atoms with Gasteiger partial charge in [-0.2, -0.15) is 0 Å². The van der Waals surface area contributed by atoms with Crippen LogP contribution < -0.4 is 5.73 Å². The number of aliphatic hydroxyl groups excluding tert-OH is 1. The van der Waals surface area contributed by atoms with Crippen LogP contribution >= 0.6 is 0 Å². The van der Waals surface area contributed by atoms with E-state index in [9.17, 15) is 5.11 Å². The van der Waals surface area contributed by atoms with Gasteiger partial charge in [-0.3, -0.25) is 0 Å². The molecule has 2 atom stereocenters. The molecular formula is C11H20N4O. The maximum atomic E-state index is 9.54. The number of hydrogen-bond acceptors (Lipinski definition) is 4. The molecule has 1 aliphatic carbocycles. The van der Waals surface area contributed by atoms with Crippen molar-refractivity contribution in [3.63, 3.8) is 0 Å². The fourth-order valence-electron chi connectivity index (χ4n) is 2.44. The zero-order chi connectivity index (χ0) is 11.7. The first kappa shape index (κ1) is 11.5. The number of nitrogens with two attached hydrogens (primary N) is 1. The zero-order valence-corrected chi connectivity index (χ0v) is 9.93. The number of aromatic nitrogens is 3. The molecule has 16 heavy (non-hydrogen) atoms. The topological polar surface area (TPSA) is 77.0 Å². The molecule has 90 valence electrons.